The molecular weight excluding hydrogens is 651 g/mol. The lowest BCUT2D eigenvalue weighted by molar-refractivity contribution is -0.123. The van der Waals surface area contributed by atoms with Gasteiger partial charge in [-0.2, -0.15) is 0 Å². The molecule has 0 aliphatic carbocycles. The summed E-state index contributed by atoms with van der Waals surface area (Å²) in [7, 11) is 0. The molecule has 4 nitrogen and oxygen atoms in total. The van der Waals surface area contributed by atoms with Crippen molar-refractivity contribution in [1.29, 1.82) is 0 Å². The number of hydrogen-bond acceptors (Lipinski definition) is 3. The van der Waals surface area contributed by atoms with Crippen LogP contribution in [0.3, 0.4) is 0 Å². The molecule has 0 radical (unpaired) electrons. The highest BCUT2D eigenvalue weighted by Crippen LogP contribution is 2.16. The molecule has 2 unspecified atom stereocenters. The molecule has 0 rings (SSSR count). The lowest BCUT2D eigenvalue weighted by Crippen LogP contribution is -2.45. The summed E-state index contributed by atoms with van der Waals surface area (Å²) in [5.41, 5.74) is 0. The van der Waals surface area contributed by atoms with Crippen LogP contribution < -0.4 is 5.32 Å². The summed E-state index contributed by atoms with van der Waals surface area (Å²) >= 11 is 0. The lowest BCUT2D eigenvalue weighted by Gasteiger charge is -2.22. The Morgan fingerprint density at radius 2 is 0.774 bits per heavy atom. The quantitative estimate of drug-likeness (QED) is 0.0430. The van der Waals surface area contributed by atoms with Gasteiger partial charge in [-0.3, -0.25) is 4.79 Å². The van der Waals surface area contributed by atoms with Crippen LogP contribution in [0.2, 0.25) is 0 Å². The number of allylic oxidation sites excluding steroid dienone is 6. The SMILES string of the molecule is CCCCCCC/C=C\C/C=C\C/C=C\CCCCCCCCCCCCC(=O)NC(CO)C(O)CCCCCCCCCCCCCCCCCC. The van der Waals surface area contributed by atoms with E-state index in [1.165, 1.54) is 186 Å². The second-order valence-corrected chi connectivity index (χ2v) is 16.2. The van der Waals surface area contributed by atoms with Gasteiger partial charge in [0.05, 0.1) is 18.8 Å². The molecule has 0 aromatic heterocycles. The molecule has 53 heavy (non-hydrogen) atoms. The standard InChI is InChI=1S/C49H93NO3/c1-3-5-7-9-11-13-15-17-19-21-22-23-24-25-26-27-28-29-31-33-35-37-39-41-43-45-49(53)50-47(46-51)48(52)44-42-40-38-36-34-32-30-20-18-16-14-12-10-8-6-4-2/h15,17,21-22,24-25,47-48,51-52H,3-14,16,18-20,23,26-46H2,1-2H3,(H,50,53)/b17-15-,22-21-,25-24-. The fraction of sp³-hybridized carbons (Fsp3) is 0.857. The first-order chi connectivity index (χ1) is 26.2. The second kappa shape index (κ2) is 45.0. The number of aliphatic hydroxyl groups is 2. The minimum atomic E-state index is -0.661. The van der Waals surface area contributed by atoms with Crippen molar-refractivity contribution in [1.82, 2.24) is 5.32 Å². The van der Waals surface area contributed by atoms with Crippen LogP contribution in [0.5, 0.6) is 0 Å². The van der Waals surface area contributed by atoms with Crippen LogP contribution in [-0.2, 0) is 4.79 Å². The topological polar surface area (TPSA) is 69.6 Å². The van der Waals surface area contributed by atoms with Gasteiger partial charge in [-0.15, -0.1) is 0 Å². The molecule has 4 heteroatoms. The maximum atomic E-state index is 12.4. The molecule has 2 atom stereocenters. The van der Waals surface area contributed by atoms with Gasteiger partial charge < -0.3 is 15.5 Å². The Morgan fingerprint density at radius 3 is 1.15 bits per heavy atom. The first kappa shape index (κ1) is 51.6. The molecule has 0 aromatic carbocycles. The maximum Gasteiger partial charge on any atom is 0.220 e. The summed E-state index contributed by atoms with van der Waals surface area (Å²) in [6.45, 7) is 4.36. The molecule has 1 amide bonds. The Kier molecular flexibility index (Phi) is 43.8. The fourth-order valence-corrected chi connectivity index (χ4v) is 7.25. The van der Waals surface area contributed by atoms with E-state index in [0.29, 0.717) is 12.8 Å². The van der Waals surface area contributed by atoms with Crippen LogP contribution in [0.25, 0.3) is 0 Å². The van der Waals surface area contributed by atoms with Crippen LogP contribution in [0.4, 0.5) is 0 Å². The monoisotopic (exact) mass is 744 g/mol. The van der Waals surface area contributed by atoms with Gasteiger partial charge in [0.1, 0.15) is 0 Å². The average Bonchev–Trinajstić information content (AvgIpc) is 3.16. The van der Waals surface area contributed by atoms with E-state index >= 15 is 0 Å². The molecule has 0 saturated heterocycles. The molecule has 312 valence electrons. The van der Waals surface area contributed by atoms with Crippen molar-refractivity contribution < 1.29 is 15.0 Å². The number of hydrogen-bond donors (Lipinski definition) is 3. The third-order valence-corrected chi connectivity index (χ3v) is 10.9. The Hall–Kier alpha value is -1.39. The number of nitrogens with one attached hydrogen (secondary N) is 1. The van der Waals surface area contributed by atoms with E-state index in [2.05, 4.69) is 55.6 Å². The molecule has 0 heterocycles. The van der Waals surface area contributed by atoms with Gasteiger partial charge in [-0.05, 0) is 51.4 Å². The van der Waals surface area contributed by atoms with Gasteiger partial charge in [0.2, 0.25) is 5.91 Å². The van der Waals surface area contributed by atoms with Gasteiger partial charge in [0.15, 0.2) is 0 Å². The second-order valence-electron chi connectivity index (χ2n) is 16.2. The third kappa shape index (κ3) is 41.6. The first-order valence-electron chi connectivity index (χ1n) is 23.7. The highest BCUT2D eigenvalue weighted by atomic mass is 16.3. The molecule has 0 fully saturated rings. The minimum absolute atomic E-state index is 0.0344. The van der Waals surface area contributed by atoms with Crippen LogP contribution in [0.1, 0.15) is 251 Å². The van der Waals surface area contributed by atoms with Crippen LogP contribution in [0.15, 0.2) is 36.5 Å². The molecule has 0 aliphatic heterocycles. The summed E-state index contributed by atoms with van der Waals surface area (Å²) in [6.07, 6.45) is 59.4. The van der Waals surface area contributed by atoms with E-state index in [1.54, 1.807) is 0 Å². The summed E-state index contributed by atoms with van der Waals surface area (Å²) in [5.74, 6) is -0.0344. The number of carbonyl (C=O) groups excluding carboxylic acids is 1. The lowest BCUT2D eigenvalue weighted by atomic mass is 10.0. The summed E-state index contributed by atoms with van der Waals surface area (Å²) < 4.78 is 0. The van der Waals surface area contributed by atoms with Crippen LogP contribution in [-0.4, -0.2) is 34.9 Å². The maximum absolute atomic E-state index is 12.4. The number of rotatable bonds is 43. The normalized spacial score (nSPS) is 13.2. The zero-order valence-electron chi connectivity index (χ0n) is 35.8. The Morgan fingerprint density at radius 1 is 0.453 bits per heavy atom. The molecule has 0 saturated carbocycles. The molecule has 0 spiro atoms. The number of carbonyl (C=O) groups is 1. The average molecular weight is 744 g/mol. The predicted molar refractivity (Wildman–Crippen MR) is 235 cm³/mol. The summed E-state index contributed by atoms with van der Waals surface area (Å²) in [6, 6.07) is -0.538. The van der Waals surface area contributed by atoms with Crippen LogP contribution in [0, 0.1) is 0 Å². The third-order valence-electron chi connectivity index (χ3n) is 10.9. The largest absolute Gasteiger partial charge is 0.394 e. The minimum Gasteiger partial charge on any atom is -0.394 e. The smallest absolute Gasteiger partial charge is 0.220 e. The molecular formula is C49H93NO3. The van der Waals surface area contributed by atoms with Gasteiger partial charge >= 0.3 is 0 Å². The number of aliphatic hydroxyl groups excluding tert-OH is 2. The zero-order valence-corrected chi connectivity index (χ0v) is 35.8. The van der Waals surface area contributed by atoms with E-state index < -0.39 is 12.1 Å². The van der Waals surface area contributed by atoms with Crippen molar-refractivity contribution in [3.8, 4) is 0 Å². The van der Waals surface area contributed by atoms with Crippen molar-refractivity contribution in [2.75, 3.05) is 6.61 Å². The van der Waals surface area contributed by atoms with Crippen molar-refractivity contribution in [2.24, 2.45) is 0 Å². The van der Waals surface area contributed by atoms with E-state index in [4.69, 9.17) is 0 Å². The van der Waals surface area contributed by atoms with Crippen molar-refractivity contribution in [2.45, 2.75) is 264 Å². The van der Waals surface area contributed by atoms with Crippen molar-refractivity contribution >= 4 is 5.91 Å². The predicted octanol–water partition coefficient (Wildman–Crippen LogP) is 15.0. The summed E-state index contributed by atoms with van der Waals surface area (Å²) in [5, 5.41) is 23.2. The molecule has 3 N–H and O–H groups in total. The molecule has 0 aromatic rings. The van der Waals surface area contributed by atoms with E-state index in [1.807, 2.05) is 0 Å². The first-order valence-corrected chi connectivity index (χ1v) is 23.7. The summed E-state index contributed by atoms with van der Waals surface area (Å²) in [4.78, 5) is 12.4. The van der Waals surface area contributed by atoms with E-state index in [0.717, 1.165) is 38.5 Å². The van der Waals surface area contributed by atoms with Crippen molar-refractivity contribution in [3.63, 3.8) is 0 Å². The van der Waals surface area contributed by atoms with Crippen LogP contribution >= 0.6 is 0 Å². The Balaban J connectivity index is 3.51. The Labute approximate surface area is 331 Å². The van der Waals surface area contributed by atoms with Gasteiger partial charge in [-0.25, -0.2) is 0 Å². The van der Waals surface area contributed by atoms with E-state index in [9.17, 15) is 15.0 Å². The number of amides is 1. The van der Waals surface area contributed by atoms with Gasteiger partial charge in [0.25, 0.3) is 0 Å². The molecule has 0 bridgehead atoms. The zero-order chi connectivity index (χ0) is 38.6. The Bertz CT molecular complexity index is 806. The highest BCUT2D eigenvalue weighted by molar-refractivity contribution is 5.76. The fourth-order valence-electron chi connectivity index (χ4n) is 7.25. The van der Waals surface area contributed by atoms with Gasteiger partial charge in [-0.1, -0.05) is 230 Å². The van der Waals surface area contributed by atoms with E-state index in [-0.39, 0.29) is 12.5 Å². The van der Waals surface area contributed by atoms with Gasteiger partial charge in [0, 0.05) is 6.42 Å². The number of unbranched alkanes of at least 4 members (excludes halogenated alkanes) is 30. The molecule has 0 aliphatic rings. The highest BCUT2D eigenvalue weighted by Gasteiger charge is 2.20. The van der Waals surface area contributed by atoms with Crippen molar-refractivity contribution in [3.05, 3.63) is 36.5 Å².